The number of carbonyl (C=O) groups is 2. The van der Waals surface area contributed by atoms with E-state index in [1.165, 1.54) is 13.0 Å². The van der Waals surface area contributed by atoms with Gasteiger partial charge in [-0.15, -0.1) is 0 Å². The second-order valence-electron chi connectivity index (χ2n) is 7.13. The van der Waals surface area contributed by atoms with Gasteiger partial charge < -0.3 is 24.7 Å². The molecule has 0 saturated heterocycles. The first-order valence-corrected chi connectivity index (χ1v) is 9.55. The highest BCUT2D eigenvalue weighted by Gasteiger charge is 2.29. The molecule has 1 heterocycles. The Kier molecular flexibility index (Phi) is 5.29. The number of carbonyl (C=O) groups excluding carboxylic acids is 1. The van der Waals surface area contributed by atoms with Gasteiger partial charge in [-0.1, -0.05) is 48.5 Å². The first-order chi connectivity index (χ1) is 14.5. The molecule has 1 aromatic heterocycles. The van der Waals surface area contributed by atoms with Crippen LogP contribution in [0.15, 0.2) is 59.0 Å². The van der Waals surface area contributed by atoms with Crippen LogP contribution in [0, 0.1) is 6.92 Å². The Morgan fingerprint density at radius 3 is 2.23 bits per heavy atom. The largest absolute Gasteiger partial charge is 0.478 e. The van der Waals surface area contributed by atoms with Gasteiger partial charge in [0.15, 0.2) is 0 Å². The smallest absolute Gasteiger partial charge is 0.407 e. The first-order valence-electron chi connectivity index (χ1n) is 9.55. The number of aliphatic hydroxyl groups excluding tert-OH is 1. The molecule has 154 valence electrons. The average molecular weight is 407 g/mol. The zero-order chi connectivity index (χ0) is 21.3. The third-order valence-corrected chi connectivity index (χ3v) is 5.33. The van der Waals surface area contributed by atoms with Crippen LogP contribution in [0.4, 0.5) is 4.79 Å². The number of aryl methyl sites for hydroxylation is 1. The highest BCUT2D eigenvalue weighted by molar-refractivity contribution is 5.88. The Labute approximate surface area is 172 Å². The fourth-order valence-electron chi connectivity index (χ4n) is 3.88. The van der Waals surface area contributed by atoms with Crippen molar-refractivity contribution in [1.82, 2.24) is 5.32 Å². The van der Waals surface area contributed by atoms with E-state index in [4.69, 9.17) is 14.3 Å². The highest BCUT2D eigenvalue weighted by Crippen LogP contribution is 2.44. The number of aromatic carboxylic acids is 1. The van der Waals surface area contributed by atoms with Gasteiger partial charge in [-0.2, -0.15) is 0 Å². The summed E-state index contributed by atoms with van der Waals surface area (Å²) in [6.45, 7) is 1.18. The van der Waals surface area contributed by atoms with Crippen LogP contribution in [0.5, 0.6) is 0 Å². The number of ether oxygens (including phenoxy) is 1. The fourth-order valence-corrected chi connectivity index (χ4v) is 3.88. The molecule has 0 spiro atoms. The molecule has 0 fully saturated rings. The molecule has 0 aliphatic heterocycles. The lowest BCUT2D eigenvalue weighted by Crippen LogP contribution is -2.32. The number of alkyl carbamates (subject to hydrolysis) is 1. The maximum absolute atomic E-state index is 12.4. The predicted molar refractivity (Wildman–Crippen MR) is 108 cm³/mol. The van der Waals surface area contributed by atoms with Crippen LogP contribution in [0.3, 0.4) is 0 Å². The van der Waals surface area contributed by atoms with E-state index >= 15 is 0 Å². The lowest BCUT2D eigenvalue weighted by Gasteiger charge is -2.17. The van der Waals surface area contributed by atoms with Gasteiger partial charge in [0.05, 0.1) is 6.61 Å². The number of carboxylic acids is 1. The molecule has 1 atom stereocenters. The molecule has 4 rings (SSSR count). The fraction of sp³-hybridized carbons (Fsp3) is 0.217. The zero-order valence-corrected chi connectivity index (χ0v) is 16.3. The normalized spacial score (nSPS) is 13.4. The van der Waals surface area contributed by atoms with Crippen molar-refractivity contribution >= 4 is 12.1 Å². The van der Waals surface area contributed by atoms with E-state index in [9.17, 15) is 14.7 Å². The molecule has 30 heavy (non-hydrogen) atoms. The van der Waals surface area contributed by atoms with Gasteiger partial charge in [0.2, 0.25) is 0 Å². The average Bonchev–Trinajstić information content (AvgIpc) is 3.29. The van der Waals surface area contributed by atoms with Crippen LogP contribution in [-0.2, 0) is 4.74 Å². The maximum atomic E-state index is 12.4. The summed E-state index contributed by atoms with van der Waals surface area (Å²) in [5.74, 6) is -0.869. The minimum Gasteiger partial charge on any atom is -0.478 e. The minimum absolute atomic E-state index is 0.0159. The van der Waals surface area contributed by atoms with Crippen molar-refractivity contribution in [2.45, 2.75) is 18.9 Å². The van der Waals surface area contributed by atoms with Gasteiger partial charge in [-0.05, 0) is 35.2 Å². The van der Waals surface area contributed by atoms with Crippen LogP contribution in [0.25, 0.3) is 11.1 Å². The molecular formula is C23H21NO6. The zero-order valence-electron chi connectivity index (χ0n) is 16.3. The van der Waals surface area contributed by atoms with E-state index < -0.39 is 24.7 Å². The topological polar surface area (TPSA) is 109 Å². The van der Waals surface area contributed by atoms with Gasteiger partial charge in [0.25, 0.3) is 0 Å². The summed E-state index contributed by atoms with van der Waals surface area (Å²) in [6.07, 6.45) is -0.721. The Morgan fingerprint density at radius 1 is 1.10 bits per heavy atom. The van der Waals surface area contributed by atoms with Crippen molar-refractivity contribution in [3.63, 3.8) is 0 Å². The predicted octanol–water partition coefficient (Wildman–Crippen LogP) is 3.86. The van der Waals surface area contributed by atoms with E-state index in [-0.39, 0.29) is 29.6 Å². The number of benzene rings is 2. The molecule has 1 amide bonds. The number of fused-ring (bicyclic) bond motifs is 3. The molecular weight excluding hydrogens is 386 g/mol. The standard InChI is InChI=1S/C23H21NO6/c1-13-18(22(26)27)10-21(30-13)20(11-25)24-23(28)29-12-19-16-8-4-2-6-14(16)15-7-3-5-9-17(15)19/h2-10,19-20,25H,11-12H2,1H3,(H,24,28)(H,26,27)/t20-/m1/s1. The number of hydrogen-bond acceptors (Lipinski definition) is 5. The molecule has 3 aromatic rings. The number of aliphatic hydroxyl groups is 1. The molecule has 7 heteroatoms. The van der Waals surface area contributed by atoms with Gasteiger partial charge in [0.1, 0.15) is 29.7 Å². The number of rotatable bonds is 6. The van der Waals surface area contributed by atoms with Crippen LogP contribution < -0.4 is 5.32 Å². The molecule has 1 aliphatic rings. The van der Waals surface area contributed by atoms with Crippen LogP contribution in [-0.4, -0.2) is 35.5 Å². The van der Waals surface area contributed by atoms with Crippen molar-refractivity contribution in [3.8, 4) is 11.1 Å². The summed E-state index contributed by atoms with van der Waals surface area (Å²) >= 11 is 0. The Morgan fingerprint density at radius 2 is 1.70 bits per heavy atom. The molecule has 0 unspecified atom stereocenters. The summed E-state index contributed by atoms with van der Waals surface area (Å²) in [7, 11) is 0. The monoisotopic (exact) mass is 407 g/mol. The van der Waals surface area contributed by atoms with Crippen LogP contribution >= 0.6 is 0 Å². The van der Waals surface area contributed by atoms with E-state index in [0.29, 0.717) is 0 Å². The molecule has 0 saturated carbocycles. The van der Waals surface area contributed by atoms with Gasteiger partial charge in [-0.3, -0.25) is 0 Å². The second kappa shape index (κ2) is 8.04. The second-order valence-corrected chi connectivity index (χ2v) is 7.13. The van der Waals surface area contributed by atoms with E-state index in [0.717, 1.165) is 22.3 Å². The van der Waals surface area contributed by atoms with Crippen LogP contribution in [0.1, 0.15) is 45.0 Å². The Balaban J connectivity index is 1.46. The van der Waals surface area contributed by atoms with Crippen molar-refractivity contribution < 1.29 is 29.0 Å². The first kappa shape index (κ1) is 19.7. The van der Waals surface area contributed by atoms with Crippen molar-refractivity contribution in [1.29, 1.82) is 0 Å². The number of amides is 1. The van der Waals surface area contributed by atoms with Crippen LogP contribution in [0.2, 0.25) is 0 Å². The van der Waals surface area contributed by atoms with Crippen molar-refractivity contribution in [2.24, 2.45) is 0 Å². The van der Waals surface area contributed by atoms with Gasteiger partial charge >= 0.3 is 12.1 Å². The Bertz CT molecular complexity index is 1060. The third kappa shape index (κ3) is 3.55. The van der Waals surface area contributed by atoms with E-state index in [1.54, 1.807) is 0 Å². The molecule has 0 radical (unpaired) electrons. The maximum Gasteiger partial charge on any atom is 0.407 e. The number of nitrogens with one attached hydrogen (secondary N) is 1. The van der Waals surface area contributed by atoms with Crippen molar-refractivity contribution in [2.75, 3.05) is 13.2 Å². The van der Waals surface area contributed by atoms with Crippen molar-refractivity contribution in [3.05, 3.63) is 82.8 Å². The number of carboxylic acid groups (broad SMARTS) is 1. The third-order valence-electron chi connectivity index (χ3n) is 5.33. The molecule has 3 N–H and O–H groups in total. The lowest BCUT2D eigenvalue weighted by atomic mass is 9.98. The number of hydrogen-bond donors (Lipinski definition) is 3. The molecule has 0 bridgehead atoms. The molecule has 1 aliphatic carbocycles. The number of furan rings is 1. The highest BCUT2D eigenvalue weighted by atomic mass is 16.5. The molecule has 2 aromatic carbocycles. The SMILES string of the molecule is Cc1oc([C@@H](CO)NC(=O)OCC2c3ccccc3-c3ccccc32)cc1C(=O)O. The lowest BCUT2D eigenvalue weighted by molar-refractivity contribution is 0.0695. The summed E-state index contributed by atoms with van der Waals surface area (Å²) in [5, 5.41) is 21.3. The quantitative estimate of drug-likeness (QED) is 0.573. The van der Waals surface area contributed by atoms with E-state index in [2.05, 4.69) is 17.4 Å². The van der Waals surface area contributed by atoms with E-state index in [1.807, 2.05) is 36.4 Å². The molecule has 7 nitrogen and oxygen atoms in total. The summed E-state index contributed by atoms with van der Waals surface area (Å²) in [5.41, 5.74) is 4.43. The summed E-state index contributed by atoms with van der Waals surface area (Å²) < 4.78 is 10.8. The summed E-state index contributed by atoms with van der Waals surface area (Å²) in [4.78, 5) is 23.6. The minimum atomic E-state index is -1.14. The van der Waals surface area contributed by atoms with Gasteiger partial charge in [-0.25, -0.2) is 9.59 Å². The Hall–Kier alpha value is -3.58. The van der Waals surface area contributed by atoms with Gasteiger partial charge in [0, 0.05) is 5.92 Å². The summed E-state index contributed by atoms with van der Waals surface area (Å²) in [6, 6.07) is 16.4.